The van der Waals surface area contributed by atoms with Crippen LogP contribution in [0.3, 0.4) is 0 Å². The summed E-state index contributed by atoms with van der Waals surface area (Å²) in [6, 6.07) is 8.82. The summed E-state index contributed by atoms with van der Waals surface area (Å²) in [6.07, 6.45) is 0. The number of benzene rings is 2. The minimum Gasteiger partial charge on any atom is -0.496 e. The molecule has 21 heavy (non-hydrogen) atoms. The maximum atomic E-state index is 13.3. The van der Waals surface area contributed by atoms with Gasteiger partial charge < -0.3 is 15.2 Å². The number of ether oxygens (including phenoxy) is 2. The van der Waals surface area contributed by atoms with Crippen LogP contribution in [0.2, 0.25) is 5.02 Å². The molecule has 0 aliphatic rings. The average molecular weight is 310 g/mol. The highest BCUT2D eigenvalue weighted by Gasteiger charge is 2.14. The van der Waals surface area contributed by atoms with Crippen molar-refractivity contribution in [3.05, 3.63) is 58.4 Å². The predicted molar refractivity (Wildman–Crippen MR) is 77.9 cm³/mol. The van der Waals surface area contributed by atoms with Gasteiger partial charge in [0.05, 0.1) is 12.1 Å². The number of rotatable bonds is 4. The van der Waals surface area contributed by atoms with E-state index in [1.807, 2.05) is 0 Å². The molecular weight excluding hydrogens is 297 g/mol. The van der Waals surface area contributed by atoms with E-state index >= 15 is 0 Å². The van der Waals surface area contributed by atoms with Gasteiger partial charge in [0.25, 0.3) is 0 Å². The Bertz CT molecular complexity index is 676. The molecule has 0 bridgehead atoms. The molecule has 0 saturated heterocycles. The van der Waals surface area contributed by atoms with Crippen molar-refractivity contribution in [3.8, 4) is 5.75 Å². The molecule has 0 unspecified atom stereocenters. The fourth-order valence-corrected chi connectivity index (χ4v) is 1.85. The third kappa shape index (κ3) is 3.64. The quantitative estimate of drug-likeness (QED) is 0.694. The number of methoxy groups -OCH3 is 1. The monoisotopic (exact) mass is 309 g/mol. The minimum atomic E-state index is -0.581. The lowest BCUT2D eigenvalue weighted by Gasteiger charge is -2.09. The van der Waals surface area contributed by atoms with E-state index < -0.39 is 11.8 Å². The molecule has 0 saturated carbocycles. The number of anilines is 1. The second kappa shape index (κ2) is 6.45. The highest BCUT2D eigenvalue weighted by molar-refractivity contribution is 6.30. The maximum Gasteiger partial charge on any atom is 0.342 e. The van der Waals surface area contributed by atoms with Crippen LogP contribution in [0.1, 0.15) is 15.9 Å². The lowest BCUT2D eigenvalue weighted by Crippen LogP contribution is -2.07. The van der Waals surface area contributed by atoms with E-state index in [9.17, 15) is 9.18 Å². The van der Waals surface area contributed by atoms with Gasteiger partial charge in [-0.25, -0.2) is 9.18 Å². The molecule has 4 nitrogen and oxygen atoms in total. The summed E-state index contributed by atoms with van der Waals surface area (Å²) in [5.74, 6) is -0.820. The van der Waals surface area contributed by atoms with Gasteiger partial charge in [0.1, 0.15) is 23.7 Å². The van der Waals surface area contributed by atoms with Crippen LogP contribution < -0.4 is 10.5 Å². The number of esters is 1. The number of halogens is 2. The Morgan fingerprint density at radius 1 is 1.29 bits per heavy atom. The summed E-state index contributed by atoms with van der Waals surface area (Å²) < 4.78 is 23.5. The van der Waals surface area contributed by atoms with Gasteiger partial charge in [-0.3, -0.25) is 0 Å². The van der Waals surface area contributed by atoms with Crippen LogP contribution in [-0.4, -0.2) is 13.1 Å². The van der Waals surface area contributed by atoms with Gasteiger partial charge in [0.2, 0.25) is 0 Å². The van der Waals surface area contributed by atoms with Crippen LogP contribution in [0.4, 0.5) is 10.1 Å². The Kier molecular flexibility index (Phi) is 4.65. The van der Waals surface area contributed by atoms with Crippen molar-refractivity contribution < 1.29 is 18.7 Å². The van der Waals surface area contributed by atoms with Gasteiger partial charge in [0, 0.05) is 11.8 Å². The van der Waals surface area contributed by atoms with Crippen LogP contribution in [0.25, 0.3) is 0 Å². The Morgan fingerprint density at radius 2 is 2.05 bits per heavy atom. The molecule has 2 N–H and O–H groups in total. The van der Waals surface area contributed by atoms with Gasteiger partial charge in [-0.15, -0.1) is 0 Å². The van der Waals surface area contributed by atoms with E-state index in [2.05, 4.69) is 0 Å². The predicted octanol–water partition coefficient (Wildman–Crippen LogP) is 3.43. The van der Waals surface area contributed by atoms with Crippen LogP contribution in [0, 0.1) is 5.82 Å². The molecule has 2 rings (SSSR count). The zero-order valence-electron chi connectivity index (χ0n) is 11.2. The number of hydrogen-bond donors (Lipinski definition) is 1. The highest BCUT2D eigenvalue weighted by Crippen LogP contribution is 2.23. The Labute approximate surface area is 126 Å². The molecule has 2 aromatic rings. The molecule has 0 amide bonds. The second-order valence-electron chi connectivity index (χ2n) is 4.28. The first-order chi connectivity index (χ1) is 10.0. The molecule has 110 valence electrons. The summed E-state index contributed by atoms with van der Waals surface area (Å²) in [5, 5.41) is 0.0188. The SMILES string of the molecule is COc1cc(N)ccc1C(=O)OCc1ccc(Cl)c(F)c1. The van der Waals surface area contributed by atoms with Crippen LogP contribution in [0.15, 0.2) is 36.4 Å². The van der Waals surface area contributed by atoms with E-state index in [0.717, 1.165) is 0 Å². The van der Waals surface area contributed by atoms with Crippen molar-refractivity contribution in [2.75, 3.05) is 12.8 Å². The van der Waals surface area contributed by atoms with Crippen molar-refractivity contribution in [1.29, 1.82) is 0 Å². The average Bonchev–Trinajstić information content (AvgIpc) is 2.48. The van der Waals surface area contributed by atoms with Crippen molar-refractivity contribution in [2.45, 2.75) is 6.61 Å². The zero-order chi connectivity index (χ0) is 15.4. The second-order valence-corrected chi connectivity index (χ2v) is 4.69. The summed E-state index contributed by atoms with van der Waals surface area (Å²) in [7, 11) is 1.43. The Morgan fingerprint density at radius 3 is 2.71 bits per heavy atom. The van der Waals surface area contributed by atoms with Crippen molar-refractivity contribution in [1.82, 2.24) is 0 Å². The normalized spacial score (nSPS) is 10.2. The summed E-state index contributed by atoms with van der Waals surface area (Å²) in [6.45, 7) is -0.0690. The smallest absolute Gasteiger partial charge is 0.342 e. The van der Waals surface area contributed by atoms with Crippen molar-refractivity contribution in [3.63, 3.8) is 0 Å². The van der Waals surface area contributed by atoms with E-state index in [-0.39, 0.29) is 17.2 Å². The van der Waals surface area contributed by atoms with Crippen molar-refractivity contribution in [2.24, 2.45) is 0 Å². The summed E-state index contributed by atoms with van der Waals surface area (Å²) in [5.41, 5.74) is 6.84. The lowest BCUT2D eigenvalue weighted by atomic mass is 10.2. The zero-order valence-corrected chi connectivity index (χ0v) is 12.0. The number of hydrogen-bond acceptors (Lipinski definition) is 4. The summed E-state index contributed by atoms with van der Waals surface area (Å²) in [4.78, 5) is 12.0. The number of nitrogens with two attached hydrogens (primary N) is 1. The van der Waals surface area contributed by atoms with Gasteiger partial charge in [-0.1, -0.05) is 17.7 Å². The number of nitrogen functional groups attached to an aromatic ring is 1. The Hall–Kier alpha value is -2.27. The van der Waals surface area contributed by atoms with Gasteiger partial charge in [0.15, 0.2) is 0 Å². The van der Waals surface area contributed by atoms with E-state index in [1.54, 1.807) is 12.1 Å². The van der Waals surface area contributed by atoms with E-state index in [4.69, 9.17) is 26.8 Å². The first-order valence-electron chi connectivity index (χ1n) is 6.06. The van der Waals surface area contributed by atoms with Crippen LogP contribution in [0.5, 0.6) is 5.75 Å². The van der Waals surface area contributed by atoms with Gasteiger partial charge in [-0.05, 0) is 29.8 Å². The first-order valence-corrected chi connectivity index (χ1v) is 6.43. The highest BCUT2D eigenvalue weighted by atomic mass is 35.5. The molecule has 0 radical (unpaired) electrons. The van der Waals surface area contributed by atoms with Gasteiger partial charge >= 0.3 is 5.97 Å². The topological polar surface area (TPSA) is 61.5 Å². The third-order valence-corrected chi connectivity index (χ3v) is 3.11. The molecular formula is C15H13ClFNO3. The standard InChI is InChI=1S/C15H13ClFNO3/c1-20-14-7-10(18)3-4-11(14)15(19)21-8-9-2-5-12(16)13(17)6-9/h2-7H,8,18H2,1H3. The molecule has 0 spiro atoms. The lowest BCUT2D eigenvalue weighted by molar-refractivity contribution is 0.0468. The molecule has 0 aliphatic heterocycles. The fraction of sp³-hybridized carbons (Fsp3) is 0.133. The molecule has 0 aliphatic carbocycles. The molecule has 0 aromatic heterocycles. The number of carbonyl (C=O) groups is 1. The molecule has 2 aromatic carbocycles. The molecule has 0 atom stereocenters. The van der Waals surface area contributed by atoms with Crippen LogP contribution >= 0.6 is 11.6 Å². The fourth-order valence-electron chi connectivity index (χ4n) is 1.73. The summed E-state index contributed by atoms with van der Waals surface area (Å²) >= 11 is 5.58. The molecule has 0 heterocycles. The molecule has 6 heteroatoms. The first kappa shape index (κ1) is 15.1. The largest absolute Gasteiger partial charge is 0.496 e. The van der Waals surface area contributed by atoms with E-state index in [0.29, 0.717) is 17.0 Å². The van der Waals surface area contributed by atoms with Crippen molar-refractivity contribution >= 4 is 23.3 Å². The third-order valence-electron chi connectivity index (χ3n) is 2.80. The maximum absolute atomic E-state index is 13.3. The van der Waals surface area contributed by atoms with Crippen LogP contribution in [-0.2, 0) is 11.3 Å². The minimum absolute atomic E-state index is 0.0188. The van der Waals surface area contributed by atoms with E-state index in [1.165, 1.54) is 31.4 Å². The van der Waals surface area contributed by atoms with Gasteiger partial charge in [-0.2, -0.15) is 0 Å². The Balaban J connectivity index is 2.09. The number of carbonyl (C=O) groups excluding carboxylic acids is 1. The molecule has 0 fully saturated rings.